The molecular formula is C22H19N3O4. The maximum Gasteiger partial charge on any atom is 0.353 e. The van der Waals surface area contributed by atoms with Crippen LogP contribution < -0.4 is 5.32 Å². The van der Waals surface area contributed by atoms with E-state index < -0.39 is 11.9 Å². The summed E-state index contributed by atoms with van der Waals surface area (Å²) in [7, 11) is 1.17. The number of carbonyl (C=O) groups excluding carboxylic acids is 3. The molecule has 3 rings (SSSR count). The van der Waals surface area contributed by atoms with Crippen molar-refractivity contribution in [3.63, 3.8) is 0 Å². The number of carbonyl (C=O) groups is 3. The molecule has 7 heteroatoms. The molecule has 0 saturated heterocycles. The molecule has 1 aromatic rings. The quantitative estimate of drug-likeness (QED) is 0.616. The Morgan fingerprint density at radius 2 is 2.00 bits per heavy atom. The van der Waals surface area contributed by atoms with Gasteiger partial charge in [0.05, 0.1) is 19.7 Å². The Labute approximate surface area is 168 Å². The van der Waals surface area contributed by atoms with E-state index in [0.29, 0.717) is 17.6 Å². The number of allylic oxidation sites excluding steroid dienone is 4. The number of amides is 2. The SMILES string of the molecule is C=C(NC(=O)C(=C)N1Cc2c(cccc2C2=CCCC(C#N)=C2)C1=O)C(=O)OC. The highest BCUT2D eigenvalue weighted by atomic mass is 16.5. The van der Waals surface area contributed by atoms with Gasteiger partial charge in [-0.25, -0.2) is 4.79 Å². The zero-order valence-electron chi connectivity index (χ0n) is 15.9. The molecule has 29 heavy (non-hydrogen) atoms. The zero-order valence-corrected chi connectivity index (χ0v) is 15.9. The first kappa shape index (κ1) is 19.8. The summed E-state index contributed by atoms with van der Waals surface area (Å²) in [6.07, 6.45) is 5.31. The average molecular weight is 389 g/mol. The van der Waals surface area contributed by atoms with Gasteiger partial charge in [-0.3, -0.25) is 14.5 Å². The number of benzene rings is 1. The van der Waals surface area contributed by atoms with E-state index in [4.69, 9.17) is 0 Å². The minimum Gasteiger partial charge on any atom is -0.464 e. The highest BCUT2D eigenvalue weighted by Gasteiger charge is 2.34. The van der Waals surface area contributed by atoms with E-state index >= 15 is 0 Å². The Morgan fingerprint density at radius 3 is 2.69 bits per heavy atom. The lowest BCUT2D eigenvalue weighted by Gasteiger charge is -2.18. The van der Waals surface area contributed by atoms with Crippen LogP contribution in [0.4, 0.5) is 0 Å². The van der Waals surface area contributed by atoms with Gasteiger partial charge >= 0.3 is 5.97 Å². The Morgan fingerprint density at radius 1 is 1.28 bits per heavy atom. The molecule has 0 spiro atoms. The number of rotatable bonds is 5. The van der Waals surface area contributed by atoms with Crippen LogP contribution in [0.5, 0.6) is 0 Å². The molecule has 0 unspecified atom stereocenters. The predicted octanol–water partition coefficient (Wildman–Crippen LogP) is 2.59. The van der Waals surface area contributed by atoms with Crippen molar-refractivity contribution < 1.29 is 19.1 Å². The fourth-order valence-corrected chi connectivity index (χ4v) is 3.31. The first-order valence-corrected chi connectivity index (χ1v) is 8.89. The molecule has 0 radical (unpaired) electrons. The van der Waals surface area contributed by atoms with E-state index in [1.807, 2.05) is 18.2 Å². The van der Waals surface area contributed by atoms with Crippen LogP contribution in [0, 0.1) is 11.3 Å². The van der Waals surface area contributed by atoms with E-state index in [1.165, 1.54) is 12.0 Å². The highest BCUT2D eigenvalue weighted by Crippen LogP contribution is 2.34. The number of esters is 1. The van der Waals surface area contributed by atoms with Gasteiger partial charge in [-0.05, 0) is 41.7 Å². The maximum absolute atomic E-state index is 12.9. The molecule has 0 atom stereocenters. The van der Waals surface area contributed by atoms with Crippen LogP contribution in [0.15, 0.2) is 60.5 Å². The summed E-state index contributed by atoms with van der Waals surface area (Å²) in [5.41, 5.74) is 3.30. The number of methoxy groups -OCH3 is 1. The number of nitrogens with zero attached hydrogens (tertiary/aromatic N) is 2. The molecule has 1 aliphatic carbocycles. The van der Waals surface area contributed by atoms with E-state index in [9.17, 15) is 19.6 Å². The van der Waals surface area contributed by atoms with Crippen molar-refractivity contribution in [3.8, 4) is 6.07 Å². The summed E-state index contributed by atoms with van der Waals surface area (Å²) < 4.78 is 4.49. The molecule has 1 aliphatic heterocycles. The molecule has 0 saturated carbocycles. The van der Waals surface area contributed by atoms with E-state index in [-0.39, 0.29) is 23.8 Å². The first-order chi connectivity index (χ1) is 13.9. The standard InChI is InChI=1S/C22H19N3O4/c1-13(22(28)29-3)24-20(26)14(2)25-12-19-17(8-5-9-18(19)21(25)27)16-7-4-6-15(10-16)11-23/h5,7-10H,1-2,4,6,12H2,3H3,(H,24,26). The Hall–Kier alpha value is -3.92. The molecule has 146 valence electrons. The molecule has 2 aliphatic rings. The van der Waals surface area contributed by atoms with E-state index in [0.717, 1.165) is 23.1 Å². The smallest absolute Gasteiger partial charge is 0.353 e. The van der Waals surface area contributed by atoms with Crippen molar-refractivity contribution in [3.05, 3.63) is 77.2 Å². The van der Waals surface area contributed by atoms with Gasteiger partial charge in [0.1, 0.15) is 11.4 Å². The van der Waals surface area contributed by atoms with Crippen LogP contribution in [0.3, 0.4) is 0 Å². The average Bonchev–Trinajstić information content (AvgIpc) is 3.09. The number of nitrogens with one attached hydrogen (secondary N) is 1. The van der Waals surface area contributed by atoms with Gasteiger partial charge in [0.15, 0.2) is 0 Å². The van der Waals surface area contributed by atoms with Gasteiger partial charge in [0.2, 0.25) is 0 Å². The first-order valence-electron chi connectivity index (χ1n) is 8.89. The number of ether oxygens (including phenoxy) is 1. The third kappa shape index (κ3) is 3.73. The van der Waals surface area contributed by atoms with Crippen molar-refractivity contribution in [1.29, 1.82) is 5.26 Å². The van der Waals surface area contributed by atoms with Crippen LogP contribution in [0.25, 0.3) is 5.57 Å². The Bertz CT molecular complexity index is 1060. The third-order valence-corrected chi connectivity index (χ3v) is 4.81. The largest absolute Gasteiger partial charge is 0.464 e. The summed E-state index contributed by atoms with van der Waals surface area (Å²) in [5, 5.41) is 11.5. The molecule has 1 N–H and O–H groups in total. The van der Waals surface area contributed by atoms with Crippen molar-refractivity contribution in [2.24, 2.45) is 0 Å². The van der Waals surface area contributed by atoms with Gasteiger partial charge in [-0.2, -0.15) is 5.26 Å². The number of nitriles is 1. The molecular weight excluding hydrogens is 370 g/mol. The Kier molecular flexibility index (Phi) is 5.46. The van der Waals surface area contributed by atoms with Crippen molar-refractivity contribution >= 4 is 23.4 Å². The van der Waals surface area contributed by atoms with Crippen molar-refractivity contribution in [2.75, 3.05) is 7.11 Å². The van der Waals surface area contributed by atoms with Gasteiger partial charge in [0.25, 0.3) is 11.8 Å². The second kappa shape index (κ2) is 7.98. The fraction of sp³-hybridized carbons (Fsp3) is 0.182. The molecule has 0 bridgehead atoms. The third-order valence-electron chi connectivity index (χ3n) is 4.81. The van der Waals surface area contributed by atoms with Gasteiger partial charge < -0.3 is 10.1 Å². The van der Waals surface area contributed by atoms with Crippen LogP contribution >= 0.6 is 0 Å². The molecule has 2 amide bonds. The van der Waals surface area contributed by atoms with Gasteiger partial charge in [-0.15, -0.1) is 0 Å². The van der Waals surface area contributed by atoms with Crippen molar-refractivity contribution in [1.82, 2.24) is 10.2 Å². The molecule has 0 aromatic heterocycles. The van der Waals surface area contributed by atoms with Crippen LogP contribution in [0.2, 0.25) is 0 Å². The van der Waals surface area contributed by atoms with E-state index in [2.05, 4.69) is 29.3 Å². The highest BCUT2D eigenvalue weighted by molar-refractivity contribution is 6.07. The summed E-state index contributed by atoms with van der Waals surface area (Å²) in [6.45, 7) is 7.30. The monoisotopic (exact) mass is 389 g/mol. The second-order valence-electron chi connectivity index (χ2n) is 6.57. The summed E-state index contributed by atoms with van der Waals surface area (Å²) in [4.78, 5) is 37.9. The van der Waals surface area contributed by atoms with Crippen LogP contribution in [-0.4, -0.2) is 29.8 Å². The lowest BCUT2D eigenvalue weighted by atomic mass is 9.91. The van der Waals surface area contributed by atoms with Crippen molar-refractivity contribution in [2.45, 2.75) is 19.4 Å². The minimum atomic E-state index is -0.784. The fourth-order valence-electron chi connectivity index (χ4n) is 3.31. The lowest BCUT2D eigenvalue weighted by Crippen LogP contribution is -2.36. The van der Waals surface area contributed by atoms with Gasteiger partial charge in [0, 0.05) is 11.1 Å². The number of hydrogen-bond acceptors (Lipinski definition) is 5. The summed E-state index contributed by atoms with van der Waals surface area (Å²) in [5.74, 6) is -1.85. The minimum absolute atomic E-state index is 0.104. The summed E-state index contributed by atoms with van der Waals surface area (Å²) >= 11 is 0. The molecule has 1 aromatic carbocycles. The Balaban J connectivity index is 1.85. The summed E-state index contributed by atoms with van der Waals surface area (Å²) in [6, 6.07) is 7.54. The number of fused-ring (bicyclic) bond motifs is 1. The predicted molar refractivity (Wildman–Crippen MR) is 106 cm³/mol. The van der Waals surface area contributed by atoms with Gasteiger partial charge in [-0.1, -0.05) is 31.4 Å². The number of hydrogen-bond donors (Lipinski definition) is 1. The molecule has 7 nitrogen and oxygen atoms in total. The van der Waals surface area contributed by atoms with E-state index in [1.54, 1.807) is 12.1 Å². The zero-order chi connectivity index (χ0) is 21.1. The molecule has 0 fully saturated rings. The lowest BCUT2D eigenvalue weighted by molar-refractivity contribution is -0.137. The van der Waals surface area contributed by atoms with Crippen LogP contribution in [0.1, 0.15) is 34.3 Å². The maximum atomic E-state index is 12.9. The molecule has 1 heterocycles. The topological polar surface area (TPSA) is 99.5 Å². The van der Waals surface area contributed by atoms with Crippen LogP contribution in [-0.2, 0) is 20.9 Å². The second-order valence-corrected chi connectivity index (χ2v) is 6.57. The normalized spacial score (nSPS) is 14.9.